The van der Waals surface area contributed by atoms with Crippen molar-refractivity contribution in [2.75, 3.05) is 24.4 Å². The van der Waals surface area contributed by atoms with Crippen LogP contribution in [0.3, 0.4) is 0 Å². The third-order valence-electron chi connectivity index (χ3n) is 3.35. The van der Waals surface area contributed by atoms with Crippen LogP contribution in [-0.4, -0.2) is 25.5 Å². The van der Waals surface area contributed by atoms with Gasteiger partial charge in [0.1, 0.15) is 11.5 Å². The van der Waals surface area contributed by atoms with Crippen LogP contribution in [0.2, 0.25) is 0 Å². The molecule has 0 aliphatic carbocycles. The summed E-state index contributed by atoms with van der Waals surface area (Å²) in [5.74, 6) is -1.12. The predicted octanol–water partition coefficient (Wildman–Crippen LogP) is 3.69. The monoisotopic (exact) mass is 382 g/mol. The maximum atomic E-state index is 12.9. The molecule has 0 unspecified atom stereocenters. The Morgan fingerprint density at radius 2 is 1.74 bits per heavy atom. The van der Waals surface area contributed by atoms with Gasteiger partial charge < -0.3 is 20.1 Å². The minimum atomic E-state index is -4.59. The zero-order chi connectivity index (χ0) is 20.0. The van der Waals surface area contributed by atoms with Gasteiger partial charge in [0.2, 0.25) is 5.91 Å². The lowest BCUT2D eigenvalue weighted by Gasteiger charge is -2.15. The largest absolute Gasteiger partial charge is 0.495 e. The zero-order valence-corrected chi connectivity index (χ0v) is 14.5. The van der Waals surface area contributed by atoms with Gasteiger partial charge in [-0.1, -0.05) is 12.1 Å². The minimum Gasteiger partial charge on any atom is -0.495 e. The topological polar surface area (TPSA) is 76.7 Å². The van der Waals surface area contributed by atoms with Gasteiger partial charge in [0.15, 0.2) is 6.61 Å². The summed E-state index contributed by atoms with van der Waals surface area (Å²) >= 11 is 0. The number of alkyl halides is 3. The molecule has 9 heteroatoms. The SMILES string of the molecule is COc1ccc(NC(C)=O)cc1NC(=O)COc1ccccc1C(F)(F)F. The minimum absolute atomic E-state index is 0.237. The van der Waals surface area contributed by atoms with E-state index < -0.39 is 30.0 Å². The molecule has 0 aromatic heterocycles. The summed E-state index contributed by atoms with van der Waals surface area (Å²) < 4.78 is 48.9. The van der Waals surface area contributed by atoms with Crippen LogP contribution in [0.4, 0.5) is 24.5 Å². The molecule has 2 aromatic rings. The number of benzene rings is 2. The second-order valence-electron chi connectivity index (χ2n) is 5.43. The highest BCUT2D eigenvalue weighted by Gasteiger charge is 2.34. The first-order chi connectivity index (χ1) is 12.7. The van der Waals surface area contributed by atoms with Crippen molar-refractivity contribution in [1.29, 1.82) is 0 Å². The fraction of sp³-hybridized carbons (Fsp3) is 0.222. The third kappa shape index (κ3) is 5.63. The number of ether oxygens (including phenoxy) is 2. The molecule has 0 aliphatic rings. The van der Waals surface area contributed by atoms with E-state index in [0.717, 1.165) is 12.1 Å². The van der Waals surface area contributed by atoms with E-state index in [4.69, 9.17) is 9.47 Å². The lowest BCUT2D eigenvalue weighted by molar-refractivity contribution is -0.139. The van der Waals surface area contributed by atoms with Gasteiger partial charge in [-0.25, -0.2) is 0 Å². The molecule has 0 saturated carbocycles. The van der Waals surface area contributed by atoms with Crippen LogP contribution in [-0.2, 0) is 15.8 Å². The molecular formula is C18H17F3N2O4. The van der Waals surface area contributed by atoms with E-state index in [-0.39, 0.29) is 11.6 Å². The van der Waals surface area contributed by atoms with Crippen molar-refractivity contribution in [2.24, 2.45) is 0 Å². The summed E-state index contributed by atoms with van der Waals surface area (Å²) in [5.41, 5.74) is -0.313. The number of nitrogens with one attached hydrogen (secondary N) is 2. The number of methoxy groups -OCH3 is 1. The molecule has 2 N–H and O–H groups in total. The van der Waals surface area contributed by atoms with Crippen molar-refractivity contribution in [1.82, 2.24) is 0 Å². The van der Waals surface area contributed by atoms with Crippen LogP contribution in [0.25, 0.3) is 0 Å². The Morgan fingerprint density at radius 3 is 2.37 bits per heavy atom. The number of hydrogen-bond acceptors (Lipinski definition) is 4. The predicted molar refractivity (Wildman–Crippen MR) is 92.9 cm³/mol. The van der Waals surface area contributed by atoms with E-state index in [0.29, 0.717) is 11.4 Å². The van der Waals surface area contributed by atoms with E-state index in [1.807, 2.05) is 0 Å². The molecule has 0 aliphatic heterocycles. The van der Waals surface area contributed by atoms with Crippen LogP contribution >= 0.6 is 0 Å². The van der Waals surface area contributed by atoms with Crippen LogP contribution < -0.4 is 20.1 Å². The molecule has 2 amide bonds. The highest BCUT2D eigenvalue weighted by Crippen LogP contribution is 2.36. The Bertz CT molecular complexity index is 838. The summed E-state index contributed by atoms with van der Waals surface area (Å²) in [5, 5.41) is 5.03. The molecule has 0 radical (unpaired) electrons. The molecule has 2 aromatic carbocycles. The van der Waals surface area contributed by atoms with E-state index in [2.05, 4.69) is 10.6 Å². The van der Waals surface area contributed by atoms with Crippen LogP contribution in [0.1, 0.15) is 12.5 Å². The molecule has 0 atom stereocenters. The summed E-state index contributed by atoms with van der Waals surface area (Å²) in [6, 6.07) is 9.17. The lowest BCUT2D eigenvalue weighted by Crippen LogP contribution is -2.21. The number of rotatable bonds is 6. The standard InChI is InChI=1S/C18H17F3N2O4/c1-11(24)22-12-7-8-16(26-2)14(9-12)23-17(25)10-27-15-6-4-3-5-13(15)18(19,20)21/h3-9H,10H2,1-2H3,(H,22,24)(H,23,25). The fourth-order valence-corrected chi connectivity index (χ4v) is 2.24. The summed E-state index contributed by atoms with van der Waals surface area (Å²) in [7, 11) is 1.39. The first-order valence-electron chi connectivity index (χ1n) is 7.75. The average Bonchev–Trinajstić information content (AvgIpc) is 2.59. The fourth-order valence-electron chi connectivity index (χ4n) is 2.24. The highest BCUT2D eigenvalue weighted by atomic mass is 19.4. The molecule has 6 nitrogen and oxygen atoms in total. The molecule has 144 valence electrons. The highest BCUT2D eigenvalue weighted by molar-refractivity contribution is 5.95. The first kappa shape index (κ1) is 20.1. The van der Waals surface area contributed by atoms with E-state index in [1.54, 1.807) is 6.07 Å². The summed E-state index contributed by atoms with van der Waals surface area (Å²) in [6.07, 6.45) is -4.59. The van der Waals surface area contributed by atoms with Crippen LogP contribution in [0, 0.1) is 0 Å². The number of para-hydroxylation sites is 1. The smallest absolute Gasteiger partial charge is 0.419 e. The Kier molecular flexibility index (Phi) is 6.27. The first-order valence-corrected chi connectivity index (χ1v) is 7.75. The normalized spacial score (nSPS) is 10.9. The van der Waals surface area contributed by atoms with Gasteiger partial charge in [0.05, 0.1) is 18.4 Å². The molecule has 2 rings (SSSR count). The Labute approximate surface area is 153 Å². The molecule has 0 bridgehead atoms. The van der Waals surface area contributed by atoms with Crippen molar-refractivity contribution in [2.45, 2.75) is 13.1 Å². The number of carbonyl (C=O) groups is 2. The van der Waals surface area contributed by atoms with Gasteiger partial charge in [-0.3, -0.25) is 9.59 Å². The van der Waals surface area contributed by atoms with Crippen LogP contribution in [0.15, 0.2) is 42.5 Å². The van der Waals surface area contributed by atoms with E-state index in [1.165, 1.54) is 38.3 Å². The van der Waals surface area contributed by atoms with Gasteiger partial charge in [0.25, 0.3) is 5.91 Å². The molecular weight excluding hydrogens is 365 g/mol. The second-order valence-corrected chi connectivity index (χ2v) is 5.43. The van der Waals surface area contributed by atoms with Gasteiger partial charge in [0, 0.05) is 12.6 Å². The van der Waals surface area contributed by atoms with Crippen molar-refractivity contribution in [3.63, 3.8) is 0 Å². The lowest BCUT2D eigenvalue weighted by atomic mass is 10.2. The van der Waals surface area contributed by atoms with Crippen molar-refractivity contribution in [3.8, 4) is 11.5 Å². The van der Waals surface area contributed by atoms with Crippen molar-refractivity contribution in [3.05, 3.63) is 48.0 Å². The third-order valence-corrected chi connectivity index (χ3v) is 3.35. The summed E-state index contributed by atoms with van der Waals surface area (Å²) in [4.78, 5) is 23.2. The van der Waals surface area contributed by atoms with Crippen molar-refractivity contribution < 1.29 is 32.2 Å². The molecule has 0 saturated heterocycles. The average molecular weight is 382 g/mol. The number of hydrogen-bond donors (Lipinski definition) is 2. The summed E-state index contributed by atoms with van der Waals surface area (Å²) in [6.45, 7) is 0.690. The molecule has 0 heterocycles. The Morgan fingerprint density at radius 1 is 1.04 bits per heavy atom. The quantitative estimate of drug-likeness (QED) is 0.799. The van der Waals surface area contributed by atoms with Crippen LogP contribution in [0.5, 0.6) is 11.5 Å². The molecule has 0 spiro atoms. The Balaban J connectivity index is 2.09. The van der Waals surface area contributed by atoms with Gasteiger partial charge >= 0.3 is 6.18 Å². The number of carbonyl (C=O) groups excluding carboxylic acids is 2. The van der Waals surface area contributed by atoms with Gasteiger partial charge in [-0.05, 0) is 30.3 Å². The molecule has 0 fully saturated rings. The maximum absolute atomic E-state index is 12.9. The van der Waals surface area contributed by atoms with Gasteiger partial charge in [-0.15, -0.1) is 0 Å². The second kappa shape index (κ2) is 8.43. The number of amides is 2. The van der Waals surface area contributed by atoms with Gasteiger partial charge in [-0.2, -0.15) is 13.2 Å². The maximum Gasteiger partial charge on any atom is 0.419 e. The number of anilines is 2. The zero-order valence-electron chi connectivity index (χ0n) is 14.5. The Hall–Kier alpha value is -3.23. The van der Waals surface area contributed by atoms with E-state index >= 15 is 0 Å². The molecule has 27 heavy (non-hydrogen) atoms. The van der Waals surface area contributed by atoms with Crippen molar-refractivity contribution >= 4 is 23.2 Å². The van der Waals surface area contributed by atoms with E-state index in [9.17, 15) is 22.8 Å². The number of halogens is 3.